The lowest BCUT2D eigenvalue weighted by atomic mass is 10.2. The third kappa shape index (κ3) is 3.06. The van der Waals surface area contributed by atoms with Gasteiger partial charge in [-0.15, -0.1) is 5.10 Å². The summed E-state index contributed by atoms with van der Waals surface area (Å²) in [6, 6.07) is 4.43. The zero-order chi connectivity index (χ0) is 18.1. The van der Waals surface area contributed by atoms with Crippen LogP contribution in [0.3, 0.4) is 0 Å². The molecule has 1 aromatic carbocycles. The normalized spacial score (nSPS) is 11.5. The van der Waals surface area contributed by atoms with Crippen molar-refractivity contribution in [2.45, 2.75) is 37.6 Å². The van der Waals surface area contributed by atoms with Gasteiger partial charge in [0.25, 0.3) is 0 Å². The van der Waals surface area contributed by atoms with Gasteiger partial charge in [0.2, 0.25) is 14.9 Å². The van der Waals surface area contributed by atoms with E-state index in [1.807, 2.05) is 0 Å². The molecule has 0 aliphatic rings. The van der Waals surface area contributed by atoms with Gasteiger partial charge < -0.3 is 4.90 Å². The highest BCUT2D eigenvalue weighted by molar-refractivity contribution is 7.91. The van der Waals surface area contributed by atoms with Crippen molar-refractivity contribution in [2.75, 3.05) is 13.1 Å². The molecule has 2 aromatic rings. The lowest BCUT2D eigenvalue weighted by molar-refractivity contribution is 0.201. The Kier molecular flexibility index (Phi) is 5.08. The van der Waals surface area contributed by atoms with Crippen LogP contribution >= 0.6 is 0 Å². The van der Waals surface area contributed by atoms with E-state index < -0.39 is 26.7 Å². The molecule has 0 N–H and O–H groups in total. The minimum atomic E-state index is -4.16. The zero-order valence-corrected chi connectivity index (χ0v) is 14.9. The van der Waals surface area contributed by atoms with Crippen LogP contribution in [0.2, 0.25) is 0 Å². The number of aryl methyl sites for hydroxylation is 2. The van der Waals surface area contributed by atoms with E-state index in [1.165, 1.54) is 4.90 Å². The maximum atomic E-state index is 14.3. The average Bonchev–Trinajstić information content (AvgIpc) is 2.90. The Morgan fingerprint density at radius 2 is 1.75 bits per heavy atom. The number of halogens is 1. The van der Waals surface area contributed by atoms with Crippen LogP contribution in [-0.2, 0) is 9.84 Å². The molecule has 0 spiro atoms. The second-order valence-corrected chi connectivity index (χ2v) is 7.21. The SMILES string of the molecule is CCN(CC)C(=O)n1cc(F)c(S(=O)(=O)c2c(C)cccc2C)n1. The molecule has 0 aliphatic carbocycles. The Morgan fingerprint density at radius 1 is 1.21 bits per heavy atom. The first-order valence-corrected chi connectivity index (χ1v) is 9.08. The highest BCUT2D eigenvalue weighted by Crippen LogP contribution is 2.27. The summed E-state index contributed by atoms with van der Waals surface area (Å²) in [5.74, 6) is -1.04. The summed E-state index contributed by atoms with van der Waals surface area (Å²) in [6.45, 7) is 7.64. The van der Waals surface area contributed by atoms with Crippen molar-refractivity contribution >= 4 is 15.9 Å². The summed E-state index contributed by atoms with van der Waals surface area (Å²) in [5.41, 5.74) is 0.998. The van der Waals surface area contributed by atoms with Crippen LogP contribution < -0.4 is 0 Å². The van der Waals surface area contributed by atoms with Crippen LogP contribution in [0, 0.1) is 19.7 Å². The molecule has 0 aliphatic heterocycles. The molecule has 1 heterocycles. The number of aromatic nitrogens is 2. The van der Waals surface area contributed by atoms with Gasteiger partial charge >= 0.3 is 6.03 Å². The molecular weight excluding hydrogens is 333 g/mol. The second kappa shape index (κ2) is 6.72. The van der Waals surface area contributed by atoms with Crippen molar-refractivity contribution in [1.82, 2.24) is 14.7 Å². The number of benzene rings is 1. The Balaban J connectivity index is 2.56. The van der Waals surface area contributed by atoms with Crippen molar-refractivity contribution in [3.63, 3.8) is 0 Å². The van der Waals surface area contributed by atoms with Gasteiger partial charge in [0.05, 0.1) is 11.1 Å². The quantitative estimate of drug-likeness (QED) is 0.847. The molecular formula is C16H20FN3O3S. The molecule has 0 saturated carbocycles. The van der Waals surface area contributed by atoms with Gasteiger partial charge in [-0.25, -0.2) is 17.6 Å². The number of carbonyl (C=O) groups is 1. The molecule has 24 heavy (non-hydrogen) atoms. The minimum absolute atomic E-state index is 0.0180. The number of hydrogen-bond donors (Lipinski definition) is 0. The fraction of sp³-hybridized carbons (Fsp3) is 0.375. The summed E-state index contributed by atoms with van der Waals surface area (Å²) in [5, 5.41) is 2.98. The maximum absolute atomic E-state index is 14.3. The summed E-state index contributed by atoms with van der Waals surface area (Å²) in [7, 11) is -4.16. The molecule has 0 bridgehead atoms. The predicted molar refractivity (Wildman–Crippen MR) is 87.3 cm³/mol. The van der Waals surface area contributed by atoms with E-state index in [4.69, 9.17) is 0 Å². The molecule has 8 heteroatoms. The Morgan fingerprint density at radius 3 is 2.25 bits per heavy atom. The predicted octanol–water partition coefficient (Wildman–Crippen LogP) is 2.78. The molecule has 6 nitrogen and oxygen atoms in total. The first kappa shape index (κ1) is 18.1. The van der Waals surface area contributed by atoms with E-state index in [0.29, 0.717) is 24.2 Å². The van der Waals surface area contributed by atoms with Crippen LogP contribution in [0.1, 0.15) is 25.0 Å². The number of carbonyl (C=O) groups excluding carboxylic acids is 1. The molecule has 0 unspecified atom stereocenters. The van der Waals surface area contributed by atoms with E-state index >= 15 is 0 Å². The van der Waals surface area contributed by atoms with E-state index in [1.54, 1.807) is 45.9 Å². The maximum Gasteiger partial charge on any atom is 0.344 e. The van der Waals surface area contributed by atoms with Crippen LogP contribution in [0.5, 0.6) is 0 Å². The van der Waals surface area contributed by atoms with Crippen LogP contribution in [-0.4, -0.2) is 42.2 Å². The third-order valence-electron chi connectivity index (χ3n) is 3.80. The summed E-state index contributed by atoms with van der Waals surface area (Å²) in [6.07, 6.45) is 0.807. The van der Waals surface area contributed by atoms with E-state index in [9.17, 15) is 17.6 Å². The van der Waals surface area contributed by atoms with Crippen molar-refractivity contribution in [3.05, 3.63) is 41.3 Å². The highest BCUT2D eigenvalue weighted by Gasteiger charge is 2.30. The van der Waals surface area contributed by atoms with Gasteiger partial charge in [-0.05, 0) is 38.8 Å². The lowest BCUT2D eigenvalue weighted by Gasteiger charge is -2.17. The molecule has 1 aromatic heterocycles. The lowest BCUT2D eigenvalue weighted by Crippen LogP contribution is -2.34. The molecule has 0 saturated heterocycles. The molecule has 2 rings (SSSR count). The van der Waals surface area contributed by atoms with Crippen LogP contribution in [0.25, 0.3) is 0 Å². The van der Waals surface area contributed by atoms with Gasteiger partial charge in [0, 0.05) is 13.1 Å². The second-order valence-electron chi connectivity index (χ2n) is 5.41. The van der Waals surface area contributed by atoms with Gasteiger partial charge in [-0.1, -0.05) is 18.2 Å². The smallest absolute Gasteiger partial charge is 0.323 e. The number of rotatable bonds is 4. The fourth-order valence-electron chi connectivity index (χ4n) is 2.58. The zero-order valence-electron chi connectivity index (χ0n) is 14.1. The summed E-state index contributed by atoms with van der Waals surface area (Å²) >= 11 is 0. The monoisotopic (exact) mass is 353 g/mol. The van der Waals surface area contributed by atoms with Crippen molar-refractivity contribution in [3.8, 4) is 0 Å². The standard InChI is InChI=1S/C16H20FN3O3S/c1-5-19(6-2)16(21)20-10-13(17)15(18-20)24(22,23)14-11(3)8-7-9-12(14)4/h7-10H,5-6H2,1-4H3. The topological polar surface area (TPSA) is 72.3 Å². The molecule has 0 radical (unpaired) electrons. The van der Waals surface area contributed by atoms with Gasteiger partial charge in [-0.3, -0.25) is 0 Å². The molecule has 0 fully saturated rings. The largest absolute Gasteiger partial charge is 0.344 e. The van der Waals surface area contributed by atoms with Crippen LogP contribution in [0.4, 0.5) is 9.18 Å². The minimum Gasteiger partial charge on any atom is -0.323 e. The van der Waals surface area contributed by atoms with Gasteiger partial charge in [0.1, 0.15) is 0 Å². The first-order valence-electron chi connectivity index (χ1n) is 7.59. The van der Waals surface area contributed by atoms with Crippen LogP contribution in [0.15, 0.2) is 34.3 Å². The van der Waals surface area contributed by atoms with Crippen molar-refractivity contribution in [2.24, 2.45) is 0 Å². The van der Waals surface area contributed by atoms with E-state index in [-0.39, 0.29) is 4.90 Å². The summed E-state index contributed by atoms with van der Waals surface area (Å²) < 4.78 is 40.6. The highest BCUT2D eigenvalue weighted by atomic mass is 32.2. The van der Waals surface area contributed by atoms with Crippen molar-refractivity contribution < 1.29 is 17.6 Å². The first-order chi connectivity index (χ1) is 11.2. The Bertz CT molecular complexity index is 850. The van der Waals surface area contributed by atoms with Gasteiger partial charge in [0.15, 0.2) is 5.82 Å². The third-order valence-corrected chi connectivity index (χ3v) is 5.77. The summed E-state index contributed by atoms with van der Waals surface area (Å²) in [4.78, 5) is 13.7. The van der Waals surface area contributed by atoms with Crippen molar-refractivity contribution in [1.29, 1.82) is 0 Å². The molecule has 130 valence electrons. The number of nitrogens with zero attached hydrogens (tertiary/aromatic N) is 3. The average molecular weight is 353 g/mol. The fourth-order valence-corrected chi connectivity index (χ4v) is 4.26. The molecule has 0 atom stereocenters. The van der Waals surface area contributed by atoms with Gasteiger partial charge in [-0.2, -0.15) is 4.68 Å². The molecule has 1 amide bonds. The number of hydrogen-bond acceptors (Lipinski definition) is 4. The number of amides is 1. The Labute approximate surface area is 140 Å². The number of sulfone groups is 1. The van der Waals surface area contributed by atoms with E-state index in [0.717, 1.165) is 10.9 Å². The Hall–Kier alpha value is -2.22. The van der Waals surface area contributed by atoms with E-state index in [2.05, 4.69) is 5.10 Å².